The molecule has 0 bridgehead atoms. The van der Waals surface area contributed by atoms with Crippen molar-refractivity contribution in [3.05, 3.63) is 73.8 Å². The number of carbonyl (C=O) groups excluding carboxylic acids is 1. The predicted molar refractivity (Wildman–Crippen MR) is 127 cm³/mol. The van der Waals surface area contributed by atoms with Gasteiger partial charge in [-0.1, -0.05) is 29.8 Å². The van der Waals surface area contributed by atoms with Gasteiger partial charge in [0.2, 0.25) is 5.91 Å². The average Bonchev–Trinajstić information content (AvgIpc) is 3.30. The van der Waals surface area contributed by atoms with Crippen molar-refractivity contribution in [3.8, 4) is 5.75 Å². The van der Waals surface area contributed by atoms with E-state index in [0.29, 0.717) is 22.5 Å². The average molecular weight is 454 g/mol. The molecule has 32 heavy (non-hydrogen) atoms. The van der Waals surface area contributed by atoms with Gasteiger partial charge in [0.15, 0.2) is 0 Å². The number of benzene rings is 1. The third-order valence-electron chi connectivity index (χ3n) is 5.81. The van der Waals surface area contributed by atoms with Crippen molar-refractivity contribution < 1.29 is 9.53 Å². The first-order valence-corrected chi connectivity index (χ1v) is 11.7. The molecule has 7 nitrogen and oxygen atoms in total. The number of allylic oxidation sites excluding steroid dienone is 1. The molecule has 2 aromatic heterocycles. The maximum Gasteiger partial charge on any atom is 0.332 e. The summed E-state index contributed by atoms with van der Waals surface area (Å²) in [5, 5.41) is 4.69. The van der Waals surface area contributed by atoms with E-state index in [2.05, 4.69) is 11.4 Å². The molecule has 2 heterocycles. The summed E-state index contributed by atoms with van der Waals surface area (Å²) in [6.45, 7) is 0.496. The van der Waals surface area contributed by atoms with Crippen molar-refractivity contribution in [3.63, 3.8) is 0 Å². The molecule has 0 aliphatic heterocycles. The van der Waals surface area contributed by atoms with Crippen LogP contribution in [0.2, 0.25) is 0 Å². The highest BCUT2D eigenvalue weighted by molar-refractivity contribution is 7.17. The number of nitrogens with zero attached hydrogens (tertiary/aromatic N) is 2. The second kappa shape index (κ2) is 9.99. The molecule has 1 amide bonds. The SMILES string of the molecule is COc1ccccc1Cn1c(=O)c2sccc2n(CC(=O)NCCC2=CCCCC2)c1=O. The first-order valence-electron chi connectivity index (χ1n) is 10.9. The van der Waals surface area contributed by atoms with Gasteiger partial charge in [0.25, 0.3) is 5.56 Å². The molecule has 0 radical (unpaired) electrons. The third kappa shape index (κ3) is 4.70. The number of hydrogen-bond donors (Lipinski definition) is 1. The molecule has 8 heteroatoms. The van der Waals surface area contributed by atoms with Crippen LogP contribution in [0.3, 0.4) is 0 Å². The second-order valence-electron chi connectivity index (χ2n) is 7.91. The van der Waals surface area contributed by atoms with Gasteiger partial charge in [-0.25, -0.2) is 4.79 Å². The molecule has 0 fully saturated rings. The van der Waals surface area contributed by atoms with Gasteiger partial charge < -0.3 is 10.1 Å². The summed E-state index contributed by atoms with van der Waals surface area (Å²) in [5.41, 5.74) is 1.75. The fraction of sp³-hybridized carbons (Fsp3) is 0.375. The van der Waals surface area contributed by atoms with Crippen LogP contribution >= 0.6 is 11.3 Å². The van der Waals surface area contributed by atoms with Gasteiger partial charge in [-0.05, 0) is 49.6 Å². The summed E-state index contributed by atoms with van der Waals surface area (Å²) in [4.78, 5) is 38.9. The van der Waals surface area contributed by atoms with Gasteiger partial charge in [-0.15, -0.1) is 11.3 Å². The lowest BCUT2D eigenvalue weighted by Gasteiger charge is -2.15. The lowest BCUT2D eigenvalue weighted by Crippen LogP contribution is -2.42. The van der Waals surface area contributed by atoms with Crippen LogP contribution in [0.4, 0.5) is 0 Å². The van der Waals surface area contributed by atoms with E-state index in [9.17, 15) is 14.4 Å². The normalized spacial score (nSPS) is 13.7. The standard InChI is InChI=1S/C24H27N3O4S/c1-31-20-10-6-5-9-18(20)15-27-23(29)22-19(12-14-32-22)26(24(27)30)16-21(28)25-13-11-17-7-3-2-4-8-17/h5-7,9-10,12,14H,2-4,8,11,13,15-16H2,1H3,(H,25,28). The van der Waals surface area contributed by atoms with Crippen molar-refractivity contribution in [2.75, 3.05) is 13.7 Å². The molecule has 0 unspecified atom stereocenters. The Hall–Kier alpha value is -3.13. The first kappa shape index (κ1) is 22.1. The van der Waals surface area contributed by atoms with E-state index >= 15 is 0 Å². The van der Waals surface area contributed by atoms with Gasteiger partial charge in [0.1, 0.15) is 17.0 Å². The number of hydrogen-bond acceptors (Lipinski definition) is 5. The summed E-state index contributed by atoms with van der Waals surface area (Å²) in [6.07, 6.45) is 7.75. The van der Waals surface area contributed by atoms with E-state index in [1.807, 2.05) is 18.2 Å². The van der Waals surface area contributed by atoms with Crippen LogP contribution < -0.4 is 21.3 Å². The summed E-state index contributed by atoms with van der Waals surface area (Å²) in [7, 11) is 1.55. The fourth-order valence-corrected chi connectivity index (χ4v) is 4.97. The fourth-order valence-electron chi connectivity index (χ4n) is 4.12. The van der Waals surface area contributed by atoms with Gasteiger partial charge in [-0.3, -0.25) is 18.7 Å². The van der Waals surface area contributed by atoms with Crippen LogP contribution in [0.5, 0.6) is 5.75 Å². The largest absolute Gasteiger partial charge is 0.496 e. The summed E-state index contributed by atoms with van der Waals surface area (Å²) in [6, 6.07) is 8.99. The van der Waals surface area contributed by atoms with Gasteiger partial charge in [-0.2, -0.15) is 0 Å². The molecule has 3 aromatic rings. The highest BCUT2D eigenvalue weighted by Gasteiger charge is 2.17. The Bertz CT molecular complexity index is 1270. The monoisotopic (exact) mass is 453 g/mol. The third-order valence-corrected chi connectivity index (χ3v) is 6.70. The van der Waals surface area contributed by atoms with E-state index in [1.54, 1.807) is 24.6 Å². The first-order chi connectivity index (χ1) is 15.6. The Balaban J connectivity index is 1.58. The highest BCUT2D eigenvalue weighted by atomic mass is 32.1. The summed E-state index contributed by atoms with van der Waals surface area (Å²) >= 11 is 1.27. The molecule has 4 rings (SSSR count). The second-order valence-corrected chi connectivity index (χ2v) is 8.83. The van der Waals surface area contributed by atoms with Crippen molar-refractivity contribution in [1.29, 1.82) is 0 Å². The number of amides is 1. The smallest absolute Gasteiger partial charge is 0.332 e. The van der Waals surface area contributed by atoms with Gasteiger partial charge in [0, 0.05) is 12.1 Å². The molecule has 1 aromatic carbocycles. The van der Waals surface area contributed by atoms with Crippen molar-refractivity contribution in [1.82, 2.24) is 14.5 Å². The number of methoxy groups -OCH3 is 1. The number of para-hydroxylation sites is 1. The molecule has 168 valence electrons. The molecule has 1 aliphatic carbocycles. The molecule has 0 spiro atoms. The Labute approximate surface area is 190 Å². The molecule has 1 N–H and O–H groups in total. The maximum atomic E-state index is 13.3. The maximum absolute atomic E-state index is 13.3. The minimum absolute atomic E-state index is 0.0747. The summed E-state index contributed by atoms with van der Waals surface area (Å²) < 4.78 is 8.39. The van der Waals surface area contributed by atoms with Crippen LogP contribution in [0.25, 0.3) is 10.2 Å². The minimum Gasteiger partial charge on any atom is -0.496 e. The molecular weight excluding hydrogens is 426 g/mol. The molecule has 0 atom stereocenters. The van der Waals surface area contributed by atoms with Gasteiger partial charge in [0.05, 0.1) is 19.2 Å². The van der Waals surface area contributed by atoms with E-state index in [0.717, 1.165) is 24.8 Å². The van der Waals surface area contributed by atoms with Crippen LogP contribution in [0.1, 0.15) is 37.7 Å². The summed E-state index contributed by atoms with van der Waals surface area (Å²) in [5.74, 6) is 0.366. The van der Waals surface area contributed by atoms with Crippen LogP contribution in [-0.4, -0.2) is 28.7 Å². The van der Waals surface area contributed by atoms with Crippen molar-refractivity contribution in [2.45, 2.75) is 45.2 Å². The molecule has 0 saturated heterocycles. The zero-order valence-corrected chi connectivity index (χ0v) is 19.0. The number of carbonyl (C=O) groups is 1. The molecule has 1 aliphatic rings. The van der Waals surface area contributed by atoms with Crippen LogP contribution in [0, 0.1) is 0 Å². The lowest BCUT2D eigenvalue weighted by molar-refractivity contribution is -0.121. The Kier molecular flexibility index (Phi) is 6.90. The van der Waals surface area contributed by atoms with Crippen molar-refractivity contribution in [2.24, 2.45) is 0 Å². The van der Waals surface area contributed by atoms with E-state index in [4.69, 9.17) is 4.74 Å². The topological polar surface area (TPSA) is 82.3 Å². The van der Waals surface area contributed by atoms with Crippen LogP contribution in [-0.2, 0) is 17.9 Å². The zero-order chi connectivity index (χ0) is 22.5. The quantitative estimate of drug-likeness (QED) is 0.531. The van der Waals surface area contributed by atoms with E-state index < -0.39 is 5.69 Å². The molecular formula is C24H27N3O4S. The number of nitrogens with one attached hydrogen (secondary N) is 1. The number of ether oxygens (including phenoxy) is 1. The minimum atomic E-state index is -0.503. The number of rotatable bonds is 8. The van der Waals surface area contributed by atoms with E-state index in [-0.39, 0.29) is 24.6 Å². The highest BCUT2D eigenvalue weighted by Crippen LogP contribution is 2.20. The van der Waals surface area contributed by atoms with Gasteiger partial charge >= 0.3 is 5.69 Å². The Morgan fingerprint density at radius 1 is 1.16 bits per heavy atom. The number of fused-ring (bicyclic) bond motifs is 1. The zero-order valence-electron chi connectivity index (χ0n) is 18.1. The molecule has 0 saturated carbocycles. The Morgan fingerprint density at radius 2 is 2.00 bits per heavy atom. The predicted octanol–water partition coefficient (Wildman–Crippen LogP) is 3.29. The number of aromatic nitrogens is 2. The lowest BCUT2D eigenvalue weighted by atomic mass is 9.97. The number of thiophene rings is 1. The van der Waals surface area contributed by atoms with E-state index in [1.165, 1.54) is 38.9 Å². The van der Waals surface area contributed by atoms with Crippen LogP contribution in [0.15, 0.2) is 57.0 Å². The Morgan fingerprint density at radius 3 is 2.78 bits per heavy atom. The van der Waals surface area contributed by atoms with Crippen molar-refractivity contribution >= 4 is 27.5 Å².